The van der Waals surface area contributed by atoms with Crippen molar-refractivity contribution in [3.05, 3.63) is 111 Å². The van der Waals surface area contributed by atoms with Gasteiger partial charge in [0, 0.05) is 99.6 Å². The number of benzene rings is 1. The number of aliphatic hydroxyl groups excluding tert-OH is 1. The standard InChI is InChI=1S/C54H59N11O9/c1-30-27-61(49(69)31-20-35(21-31)74-19-14-55-39-7-5-6-37-46(39)53(73)65(50(37)70)41-9-11-45(67)59-48(41)68)15-16-62(30)34-8-10-44(57-26-34)58-40-22-33(28-60(4)51(40)71)36-12-13-56-47(38(36)29-66)64-18-17-63-42(52(64)72)23-32-24-54(2,3)25-43(32)63/h5-8,10,12-13,22-23,26,28,30-31,35,41,55,66H,9,11,14-21,24-25,27,29H2,1-4H3,(H,57,58)(H,59,67,68)/t30-,31?,35?,41?/m0/s1. The number of aryl methyl sites for hydroxylation is 1. The molecule has 4 aromatic heterocycles. The number of pyridine rings is 3. The maximum absolute atomic E-state index is 14.0. The molecule has 2 saturated heterocycles. The molecule has 0 spiro atoms. The fourth-order valence-corrected chi connectivity index (χ4v) is 11.7. The van der Waals surface area contributed by atoms with Crippen LogP contribution in [0.15, 0.2) is 71.9 Å². The van der Waals surface area contributed by atoms with Crippen LogP contribution in [0.4, 0.5) is 28.7 Å². The first-order valence-corrected chi connectivity index (χ1v) is 25.4. The predicted molar refractivity (Wildman–Crippen MR) is 273 cm³/mol. The van der Waals surface area contributed by atoms with Crippen LogP contribution < -0.4 is 31.3 Å². The van der Waals surface area contributed by atoms with Crippen molar-refractivity contribution >= 4 is 64.1 Å². The van der Waals surface area contributed by atoms with Crippen molar-refractivity contribution in [2.24, 2.45) is 18.4 Å². The van der Waals surface area contributed by atoms with Gasteiger partial charge in [-0.15, -0.1) is 0 Å². The molecule has 0 radical (unpaired) electrons. The smallest absolute Gasteiger partial charge is 0.276 e. The molecule has 1 aromatic carbocycles. The number of carbonyl (C=O) groups excluding carboxylic acids is 6. The van der Waals surface area contributed by atoms with E-state index in [9.17, 15) is 38.7 Å². The molecule has 0 bridgehead atoms. The number of hydrogen-bond donors (Lipinski definition) is 4. The van der Waals surface area contributed by atoms with Crippen LogP contribution >= 0.6 is 0 Å². The molecule has 8 heterocycles. The number of hydrogen-bond acceptors (Lipinski definition) is 14. The molecule has 11 rings (SSSR count). The Morgan fingerprint density at radius 1 is 0.919 bits per heavy atom. The lowest BCUT2D eigenvalue weighted by molar-refractivity contribution is -0.145. The third-order valence-corrected chi connectivity index (χ3v) is 15.5. The summed E-state index contributed by atoms with van der Waals surface area (Å²) in [5.74, 6) is -1.56. The van der Waals surface area contributed by atoms with Crippen LogP contribution in [-0.2, 0) is 52.2 Å². The molecule has 74 heavy (non-hydrogen) atoms. The van der Waals surface area contributed by atoms with E-state index in [1.54, 1.807) is 60.9 Å². The summed E-state index contributed by atoms with van der Waals surface area (Å²) >= 11 is 0. The van der Waals surface area contributed by atoms with Crippen molar-refractivity contribution in [2.45, 2.75) is 90.6 Å². The molecule has 4 N–H and O–H groups in total. The number of anilines is 5. The average Bonchev–Trinajstić information content (AvgIpc) is 3.96. The van der Waals surface area contributed by atoms with E-state index in [-0.39, 0.29) is 77.1 Å². The lowest BCUT2D eigenvalue weighted by Crippen LogP contribution is -2.56. The van der Waals surface area contributed by atoms with Crippen LogP contribution in [0.5, 0.6) is 0 Å². The van der Waals surface area contributed by atoms with Crippen molar-refractivity contribution in [1.82, 2.24) is 34.2 Å². The molecule has 6 aliphatic rings. The SMILES string of the molecule is C[C@H]1CN(C(=O)C2CC(OCCNc3cccc4c3C(=O)N(C3CCC(=O)NC3=O)C4=O)C2)CCN1c1ccc(Nc2cc(-c3ccnc(N4CCn5c(cc6c5CC(C)(C)C6)C4=O)c3CO)cn(C)c2=O)nc1. The topological polar surface area (TPSA) is 234 Å². The molecule has 20 heteroatoms. The van der Waals surface area contributed by atoms with Gasteiger partial charge in [0.25, 0.3) is 23.3 Å². The third-order valence-electron chi connectivity index (χ3n) is 15.5. The van der Waals surface area contributed by atoms with Gasteiger partial charge in [-0.25, -0.2) is 9.97 Å². The van der Waals surface area contributed by atoms with Gasteiger partial charge in [0.2, 0.25) is 17.7 Å². The van der Waals surface area contributed by atoms with E-state index in [0.717, 1.165) is 23.4 Å². The van der Waals surface area contributed by atoms with E-state index in [0.29, 0.717) is 98.4 Å². The summed E-state index contributed by atoms with van der Waals surface area (Å²) in [4.78, 5) is 108. The van der Waals surface area contributed by atoms with Gasteiger partial charge < -0.3 is 39.4 Å². The number of rotatable bonds is 13. The molecular weight excluding hydrogens is 947 g/mol. The van der Waals surface area contributed by atoms with Gasteiger partial charge in [-0.2, -0.15) is 0 Å². The van der Waals surface area contributed by atoms with Crippen LogP contribution in [0.2, 0.25) is 0 Å². The largest absolute Gasteiger partial charge is 0.392 e. The molecule has 1 saturated carbocycles. The Morgan fingerprint density at radius 3 is 2.50 bits per heavy atom. The number of amides is 6. The molecule has 4 aliphatic heterocycles. The third kappa shape index (κ3) is 8.68. The summed E-state index contributed by atoms with van der Waals surface area (Å²) in [5.41, 5.74) is 6.79. The minimum atomic E-state index is -1.04. The summed E-state index contributed by atoms with van der Waals surface area (Å²) < 4.78 is 9.69. The predicted octanol–water partition coefficient (Wildman–Crippen LogP) is 4.01. The number of aliphatic hydroxyl groups is 1. The number of fused-ring (bicyclic) bond motifs is 4. The van der Waals surface area contributed by atoms with E-state index >= 15 is 0 Å². The number of piperidine rings is 1. The molecule has 384 valence electrons. The summed E-state index contributed by atoms with van der Waals surface area (Å²) in [6.07, 6.45) is 8.19. The number of piperazine rings is 1. The molecule has 6 amide bonds. The Hall–Kier alpha value is -7.71. The summed E-state index contributed by atoms with van der Waals surface area (Å²) in [6, 6.07) is 13.2. The van der Waals surface area contributed by atoms with Crippen LogP contribution in [0.3, 0.4) is 0 Å². The van der Waals surface area contributed by atoms with Crippen molar-refractivity contribution in [3.8, 4) is 11.1 Å². The van der Waals surface area contributed by atoms with E-state index in [1.807, 2.05) is 23.1 Å². The number of nitrogens with zero attached hydrogens (tertiary/aromatic N) is 8. The zero-order valence-electron chi connectivity index (χ0n) is 41.9. The Balaban J connectivity index is 0.666. The van der Waals surface area contributed by atoms with Gasteiger partial charge in [-0.05, 0) is 98.0 Å². The second-order valence-corrected chi connectivity index (χ2v) is 21.1. The van der Waals surface area contributed by atoms with E-state index in [4.69, 9.17) is 4.74 Å². The summed E-state index contributed by atoms with van der Waals surface area (Å²) in [5, 5.41) is 19.4. The second kappa shape index (κ2) is 19.0. The molecule has 5 aromatic rings. The highest BCUT2D eigenvalue weighted by Crippen LogP contribution is 2.41. The quantitative estimate of drug-likeness (QED) is 0.0965. The zero-order valence-corrected chi connectivity index (χ0v) is 41.9. The van der Waals surface area contributed by atoms with Crippen LogP contribution in [0.25, 0.3) is 11.1 Å². The normalized spacial score (nSPS) is 22.1. The van der Waals surface area contributed by atoms with Gasteiger partial charge in [-0.3, -0.25) is 48.7 Å². The fourth-order valence-electron chi connectivity index (χ4n) is 11.7. The molecular formula is C54H59N11O9. The van der Waals surface area contributed by atoms with Crippen LogP contribution in [-0.4, -0.2) is 127 Å². The molecule has 1 unspecified atom stereocenters. The Labute approximate surface area is 426 Å². The number of carbonyl (C=O) groups is 6. The first-order chi connectivity index (χ1) is 35.6. The number of imide groups is 2. The average molecular weight is 1010 g/mol. The zero-order chi connectivity index (χ0) is 51.7. The van der Waals surface area contributed by atoms with Crippen molar-refractivity contribution in [3.63, 3.8) is 0 Å². The lowest BCUT2D eigenvalue weighted by Gasteiger charge is -2.44. The maximum atomic E-state index is 14.0. The van der Waals surface area contributed by atoms with Gasteiger partial charge in [0.15, 0.2) is 0 Å². The van der Waals surface area contributed by atoms with Crippen LogP contribution in [0.1, 0.15) is 94.5 Å². The molecule has 2 aliphatic carbocycles. The van der Waals surface area contributed by atoms with Gasteiger partial charge in [0.1, 0.15) is 29.1 Å². The highest BCUT2D eigenvalue weighted by Gasteiger charge is 2.46. The van der Waals surface area contributed by atoms with Gasteiger partial charge >= 0.3 is 0 Å². The second-order valence-electron chi connectivity index (χ2n) is 21.1. The monoisotopic (exact) mass is 1010 g/mol. The summed E-state index contributed by atoms with van der Waals surface area (Å²) in [7, 11) is 1.66. The number of ether oxygens (including phenoxy) is 1. The van der Waals surface area contributed by atoms with Crippen molar-refractivity contribution in [1.29, 1.82) is 0 Å². The number of aromatic nitrogens is 4. The van der Waals surface area contributed by atoms with E-state index in [2.05, 4.69) is 56.2 Å². The Morgan fingerprint density at radius 2 is 1.74 bits per heavy atom. The van der Waals surface area contributed by atoms with Gasteiger partial charge in [0.05, 0.1) is 42.3 Å². The first-order valence-electron chi connectivity index (χ1n) is 25.4. The minimum Gasteiger partial charge on any atom is -0.392 e. The van der Waals surface area contributed by atoms with Crippen molar-refractivity contribution < 1.29 is 38.6 Å². The van der Waals surface area contributed by atoms with Gasteiger partial charge in [-0.1, -0.05) is 19.9 Å². The van der Waals surface area contributed by atoms with Crippen molar-refractivity contribution in [2.75, 3.05) is 59.8 Å². The first kappa shape index (κ1) is 48.6. The van der Waals surface area contributed by atoms with Crippen LogP contribution in [0, 0.1) is 11.3 Å². The maximum Gasteiger partial charge on any atom is 0.276 e. The van der Waals surface area contributed by atoms with E-state index < -0.39 is 29.7 Å². The molecule has 2 atom stereocenters. The fraction of sp³-hybridized carbons (Fsp3) is 0.426. The molecule has 3 fully saturated rings. The Kier molecular flexibility index (Phi) is 12.4. The highest BCUT2D eigenvalue weighted by molar-refractivity contribution is 6.25. The number of nitrogens with one attached hydrogen (secondary N) is 3. The molecule has 20 nitrogen and oxygen atoms in total. The van der Waals surface area contributed by atoms with E-state index in [1.165, 1.54) is 15.8 Å². The minimum absolute atomic E-state index is 0.0121. The lowest BCUT2D eigenvalue weighted by atomic mass is 9.81. The highest BCUT2D eigenvalue weighted by atomic mass is 16.5. The summed E-state index contributed by atoms with van der Waals surface area (Å²) in [6.45, 7) is 9.63. The Bertz CT molecular complexity index is 3210.